The van der Waals surface area contributed by atoms with E-state index in [-0.39, 0.29) is 12.2 Å². The Bertz CT molecular complexity index is 109. The summed E-state index contributed by atoms with van der Waals surface area (Å²) in [6, 6.07) is 1.99. The molecule has 0 amide bonds. The van der Waals surface area contributed by atoms with Crippen LogP contribution in [-0.4, -0.2) is 17.5 Å². The Hall–Kier alpha value is -0.0700. The van der Waals surface area contributed by atoms with E-state index >= 15 is 0 Å². The molecule has 0 N–H and O–H groups in total. The van der Waals surface area contributed by atoms with Gasteiger partial charge in [-0.15, -0.1) is 0 Å². The van der Waals surface area contributed by atoms with Crippen molar-refractivity contribution in [3.05, 3.63) is 0 Å². The third-order valence-electron chi connectivity index (χ3n) is 0.862. The fourth-order valence-electron chi connectivity index (χ4n) is 0.374. The van der Waals surface area contributed by atoms with Crippen molar-refractivity contribution in [2.45, 2.75) is 12.2 Å². The number of nitriles is 1. The fourth-order valence-corrected chi connectivity index (χ4v) is 0.866. The fraction of sp³-hybridized carbons (Fsp3) is 0.750. The molecule has 2 unspecified atom stereocenters. The second-order valence-electron chi connectivity index (χ2n) is 1.38. The van der Waals surface area contributed by atoms with E-state index in [9.17, 15) is 0 Å². The summed E-state index contributed by atoms with van der Waals surface area (Å²) in [6.45, 7) is 0. The molecule has 1 heterocycles. The van der Waals surface area contributed by atoms with Crippen molar-refractivity contribution in [2.75, 3.05) is 5.33 Å². The molecule has 0 radical (unpaired) electrons. The van der Waals surface area contributed by atoms with Gasteiger partial charge in [-0.2, -0.15) is 5.26 Å². The molecule has 0 spiro atoms. The standard InChI is InChI=1S/C4H4BrNO/c5-1-3-4(2-6)7-3/h3-4H,1H2. The average molecular weight is 162 g/mol. The van der Waals surface area contributed by atoms with Crippen LogP contribution in [0.5, 0.6) is 0 Å². The van der Waals surface area contributed by atoms with Crippen LogP contribution < -0.4 is 0 Å². The molecule has 0 aromatic carbocycles. The second-order valence-corrected chi connectivity index (χ2v) is 2.03. The molecule has 1 aliphatic heterocycles. The van der Waals surface area contributed by atoms with Gasteiger partial charge < -0.3 is 4.74 Å². The number of hydrogen-bond acceptors (Lipinski definition) is 2. The lowest BCUT2D eigenvalue weighted by Gasteiger charge is -1.69. The zero-order valence-electron chi connectivity index (χ0n) is 3.60. The van der Waals surface area contributed by atoms with Crippen LogP contribution >= 0.6 is 15.9 Å². The van der Waals surface area contributed by atoms with E-state index in [0.29, 0.717) is 0 Å². The van der Waals surface area contributed by atoms with E-state index in [2.05, 4.69) is 15.9 Å². The lowest BCUT2D eigenvalue weighted by molar-refractivity contribution is 0.405. The minimum absolute atomic E-state index is 0.126. The molecule has 38 valence electrons. The Labute approximate surface area is 50.2 Å². The minimum Gasteiger partial charge on any atom is -0.353 e. The first-order valence-electron chi connectivity index (χ1n) is 1.99. The number of epoxide rings is 1. The first-order valence-corrected chi connectivity index (χ1v) is 3.11. The Morgan fingerprint density at radius 2 is 2.57 bits per heavy atom. The van der Waals surface area contributed by atoms with Crippen LogP contribution in [0, 0.1) is 11.3 Å². The van der Waals surface area contributed by atoms with Crippen LogP contribution in [0.4, 0.5) is 0 Å². The van der Waals surface area contributed by atoms with Crippen molar-refractivity contribution >= 4 is 15.9 Å². The molecule has 1 saturated heterocycles. The molecule has 1 rings (SSSR count). The van der Waals surface area contributed by atoms with Gasteiger partial charge in [0.25, 0.3) is 0 Å². The summed E-state index contributed by atoms with van der Waals surface area (Å²) in [5.41, 5.74) is 0. The molecule has 3 heteroatoms. The maximum atomic E-state index is 8.11. The van der Waals surface area contributed by atoms with Gasteiger partial charge in [0.1, 0.15) is 6.10 Å². The van der Waals surface area contributed by atoms with Gasteiger partial charge in [0.05, 0.1) is 6.07 Å². The predicted molar refractivity (Wildman–Crippen MR) is 28.1 cm³/mol. The maximum Gasteiger partial charge on any atom is 0.171 e. The average Bonchev–Trinajstić information content (AvgIpc) is 2.43. The molecule has 1 fully saturated rings. The SMILES string of the molecule is N#CC1OC1CBr. The quantitative estimate of drug-likeness (QED) is 0.419. The molecule has 7 heavy (non-hydrogen) atoms. The lowest BCUT2D eigenvalue weighted by atomic mass is 10.4. The summed E-state index contributed by atoms with van der Waals surface area (Å²) in [5.74, 6) is 0. The number of alkyl halides is 1. The van der Waals surface area contributed by atoms with Gasteiger partial charge in [0, 0.05) is 5.33 Å². The highest BCUT2D eigenvalue weighted by atomic mass is 79.9. The van der Waals surface area contributed by atoms with E-state index in [1.165, 1.54) is 0 Å². The first-order chi connectivity index (χ1) is 3.38. The van der Waals surface area contributed by atoms with Crippen LogP contribution in [-0.2, 0) is 4.74 Å². The predicted octanol–water partition coefficient (Wildman–Crippen LogP) is 0.672. The minimum atomic E-state index is -0.126. The van der Waals surface area contributed by atoms with Gasteiger partial charge in [-0.3, -0.25) is 0 Å². The summed E-state index contributed by atoms with van der Waals surface area (Å²) in [4.78, 5) is 0. The molecule has 0 bridgehead atoms. The van der Waals surface area contributed by atoms with Crippen LogP contribution in [0.2, 0.25) is 0 Å². The van der Waals surface area contributed by atoms with Crippen molar-refractivity contribution in [2.24, 2.45) is 0 Å². The maximum absolute atomic E-state index is 8.11. The van der Waals surface area contributed by atoms with Gasteiger partial charge in [-0.05, 0) is 0 Å². The Kier molecular flexibility index (Phi) is 1.31. The van der Waals surface area contributed by atoms with Crippen LogP contribution in [0.15, 0.2) is 0 Å². The van der Waals surface area contributed by atoms with E-state index in [1.807, 2.05) is 6.07 Å². The van der Waals surface area contributed by atoms with Gasteiger partial charge in [0.2, 0.25) is 0 Å². The summed E-state index contributed by atoms with van der Waals surface area (Å²) in [5, 5.41) is 8.89. The van der Waals surface area contributed by atoms with E-state index in [1.54, 1.807) is 0 Å². The van der Waals surface area contributed by atoms with Crippen molar-refractivity contribution < 1.29 is 4.74 Å². The molecule has 0 saturated carbocycles. The Morgan fingerprint density at radius 3 is 2.71 bits per heavy atom. The molecule has 0 aliphatic carbocycles. The van der Waals surface area contributed by atoms with Crippen molar-refractivity contribution in [3.63, 3.8) is 0 Å². The summed E-state index contributed by atoms with van der Waals surface area (Å²) >= 11 is 3.18. The third-order valence-corrected chi connectivity index (χ3v) is 1.50. The highest BCUT2D eigenvalue weighted by molar-refractivity contribution is 9.09. The highest BCUT2D eigenvalue weighted by Gasteiger charge is 2.37. The number of hydrogen-bond donors (Lipinski definition) is 0. The van der Waals surface area contributed by atoms with Gasteiger partial charge in [0.15, 0.2) is 6.10 Å². The number of rotatable bonds is 1. The largest absolute Gasteiger partial charge is 0.353 e. The van der Waals surface area contributed by atoms with Gasteiger partial charge >= 0.3 is 0 Å². The van der Waals surface area contributed by atoms with Crippen LogP contribution in [0.1, 0.15) is 0 Å². The van der Waals surface area contributed by atoms with E-state index in [4.69, 9.17) is 10.00 Å². The molecular formula is C4H4BrNO. The number of ether oxygens (including phenoxy) is 1. The van der Waals surface area contributed by atoms with Gasteiger partial charge in [-0.25, -0.2) is 0 Å². The molecule has 0 aromatic heterocycles. The lowest BCUT2D eigenvalue weighted by Crippen LogP contribution is -1.88. The van der Waals surface area contributed by atoms with Crippen molar-refractivity contribution in [1.29, 1.82) is 5.26 Å². The normalized spacial score (nSPS) is 37.1. The summed E-state index contributed by atoms with van der Waals surface area (Å²) in [6.07, 6.45) is 0.0457. The highest BCUT2D eigenvalue weighted by Crippen LogP contribution is 2.21. The topological polar surface area (TPSA) is 36.3 Å². The Balaban J connectivity index is 2.21. The second kappa shape index (κ2) is 1.81. The Morgan fingerprint density at radius 1 is 1.86 bits per heavy atom. The zero-order chi connectivity index (χ0) is 5.28. The summed E-state index contributed by atoms with van der Waals surface area (Å²) < 4.78 is 4.81. The van der Waals surface area contributed by atoms with E-state index < -0.39 is 0 Å². The molecule has 2 nitrogen and oxygen atoms in total. The van der Waals surface area contributed by atoms with E-state index in [0.717, 1.165) is 5.33 Å². The first kappa shape index (κ1) is 5.07. The van der Waals surface area contributed by atoms with Crippen LogP contribution in [0.25, 0.3) is 0 Å². The van der Waals surface area contributed by atoms with Crippen molar-refractivity contribution in [3.8, 4) is 6.07 Å². The smallest absolute Gasteiger partial charge is 0.171 e. The monoisotopic (exact) mass is 161 g/mol. The number of halogens is 1. The van der Waals surface area contributed by atoms with Gasteiger partial charge in [-0.1, -0.05) is 15.9 Å². The molecule has 1 aliphatic rings. The van der Waals surface area contributed by atoms with Crippen molar-refractivity contribution in [1.82, 2.24) is 0 Å². The van der Waals surface area contributed by atoms with Crippen LogP contribution in [0.3, 0.4) is 0 Å². The molecular weight excluding hydrogens is 158 g/mol. The number of nitrogens with zero attached hydrogens (tertiary/aromatic N) is 1. The molecule has 2 atom stereocenters. The summed E-state index contributed by atoms with van der Waals surface area (Å²) in [7, 11) is 0. The molecule has 0 aromatic rings. The zero-order valence-corrected chi connectivity index (χ0v) is 5.18. The third kappa shape index (κ3) is 0.929.